The SMILES string of the molecule is C[Si]1(C)C/C=C\C[Si](C)(C)c2ccccc2O1. The highest BCUT2D eigenvalue weighted by Gasteiger charge is 2.30. The molecule has 0 spiro atoms. The highest BCUT2D eigenvalue weighted by Crippen LogP contribution is 2.24. The lowest BCUT2D eigenvalue weighted by atomic mass is 10.3. The molecule has 1 aliphatic heterocycles. The minimum Gasteiger partial charge on any atom is -0.544 e. The molecular formula is C14H22OSi2. The molecule has 1 aromatic rings. The van der Waals surface area contributed by atoms with Crippen LogP contribution >= 0.6 is 0 Å². The Morgan fingerprint density at radius 1 is 0.941 bits per heavy atom. The highest BCUT2D eigenvalue weighted by atomic mass is 28.4. The average molecular weight is 263 g/mol. The van der Waals surface area contributed by atoms with Crippen LogP contribution in [0.5, 0.6) is 5.75 Å². The molecule has 0 amide bonds. The van der Waals surface area contributed by atoms with E-state index in [-0.39, 0.29) is 0 Å². The van der Waals surface area contributed by atoms with Crippen molar-refractivity contribution in [2.45, 2.75) is 38.3 Å². The summed E-state index contributed by atoms with van der Waals surface area (Å²) in [5.74, 6) is 1.16. The first-order valence-electron chi connectivity index (χ1n) is 6.34. The lowest BCUT2D eigenvalue weighted by Crippen LogP contribution is -2.43. The summed E-state index contributed by atoms with van der Waals surface area (Å²) in [6, 6.07) is 11.0. The fourth-order valence-electron chi connectivity index (χ4n) is 2.31. The standard InChI is InChI=1S/C14H22OSi2/c1-16(2)11-7-8-12-17(3,4)15-13-9-5-6-10-14(13)16/h5-10H,11-12H2,1-4H3/b8-7-. The molecule has 0 N–H and O–H groups in total. The van der Waals surface area contributed by atoms with Crippen LogP contribution in [-0.4, -0.2) is 16.4 Å². The molecule has 1 heterocycles. The van der Waals surface area contributed by atoms with Crippen molar-refractivity contribution < 1.29 is 4.43 Å². The van der Waals surface area contributed by atoms with Crippen LogP contribution in [0.3, 0.4) is 0 Å². The summed E-state index contributed by atoms with van der Waals surface area (Å²) in [4.78, 5) is 0. The summed E-state index contributed by atoms with van der Waals surface area (Å²) >= 11 is 0. The van der Waals surface area contributed by atoms with E-state index in [1.807, 2.05) is 0 Å². The summed E-state index contributed by atoms with van der Waals surface area (Å²) in [6.07, 6.45) is 4.72. The van der Waals surface area contributed by atoms with Crippen LogP contribution in [0.2, 0.25) is 38.3 Å². The van der Waals surface area contributed by atoms with E-state index >= 15 is 0 Å². The maximum atomic E-state index is 6.36. The zero-order chi connectivity index (χ0) is 12.5. The van der Waals surface area contributed by atoms with Crippen LogP contribution in [0.25, 0.3) is 0 Å². The van der Waals surface area contributed by atoms with E-state index in [0.29, 0.717) is 0 Å². The predicted molar refractivity (Wildman–Crippen MR) is 80.4 cm³/mol. The molecule has 0 aromatic heterocycles. The molecule has 0 radical (unpaired) electrons. The summed E-state index contributed by atoms with van der Waals surface area (Å²) in [6.45, 7) is 9.46. The van der Waals surface area contributed by atoms with Gasteiger partial charge in [0.1, 0.15) is 5.75 Å². The van der Waals surface area contributed by atoms with Gasteiger partial charge in [-0.05, 0) is 36.4 Å². The molecule has 0 atom stereocenters. The zero-order valence-electron chi connectivity index (χ0n) is 11.3. The van der Waals surface area contributed by atoms with Crippen LogP contribution in [0.4, 0.5) is 0 Å². The van der Waals surface area contributed by atoms with E-state index in [1.165, 1.54) is 11.2 Å². The van der Waals surface area contributed by atoms with E-state index in [9.17, 15) is 0 Å². The Morgan fingerprint density at radius 2 is 1.59 bits per heavy atom. The summed E-state index contributed by atoms with van der Waals surface area (Å²) in [5, 5.41) is 1.48. The summed E-state index contributed by atoms with van der Waals surface area (Å²) in [7, 11) is -2.96. The van der Waals surface area contributed by atoms with Gasteiger partial charge >= 0.3 is 0 Å². The molecule has 1 aromatic carbocycles. The highest BCUT2D eigenvalue weighted by molar-refractivity contribution is 6.91. The molecule has 92 valence electrons. The third kappa shape index (κ3) is 2.90. The normalized spacial score (nSPS) is 23.5. The van der Waals surface area contributed by atoms with Gasteiger partial charge in [0, 0.05) is 0 Å². The van der Waals surface area contributed by atoms with Gasteiger partial charge in [-0.1, -0.05) is 43.4 Å². The van der Waals surface area contributed by atoms with Gasteiger partial charge in [-0.3, -0.25) is 0 Å². The Hall–Kier alpha value is -0.806. The van der Waals surface area contributed by atoms with Crippen molar-refractivity contribution in [2.75, 3.05) is 0 Å². The first-order chi connectivity index (χ1) is 7.91. The molecule has 1 aliphatic rings. The molecule has 0 saturated carbocycles. The number of fused-ring (bicyclic) bond motifs is 1. The summed E-state index contributed by atoms with van der Waals surface area (Å²) < 4.78 is 6.36. The molecule has 2 rings (SSSR count). The molecule has 0 unspecified atom stereocenters. The predicted octanol–water partition coefficient (Wildman–Crippen LogP) is 3.76. The minimum atomic E-state index is -1.58. The largest absolute Gasteiger partial charge is 0.544 e. The van der Waals surface area contributed by atoms with Gasteiger partial charge in [0.15, 0.2) is 0 Å². The fraction of sp³-hybridized carbons (Fsp3) is 0.429. The van der Waals surface area contributed by atoms with Crippen LogP contribution in [0, 0.1) is 0 Å². The fourth-order valence-corrected chi connectivity index (χ4v) is 6.33. The Kier molecular flexibility index (Phi) is 3.32. The van der Waals surface area contributed by atoms with Crippen LogP contribution < -0.4 is 9.61 Å². The van der Waals surface area contributed by atoms with Gasteiger partial charge in [0.25, 0.3) is 0 Å². The molecule has 0 fully saturated rings. The molecule has 1 nitrogen and oxygen atoms in total. The smallest absolute Gasteiger partial charge is 0.248 e. The maximum absolute atomic E-state index is 6.36. The number of para-hydroxylation sites is 1. The summed E-state index contributed by atoms with van der Waals surface area (Å²) in [5.41, 5.74) is 0. The Bertz CT molecular complexity index is 436. The lowest BCUT2D eigenvalue weighted by Gasteiger charge is -2.28. The molecule has 0 aliphatic carbocycles. The van der Waals surface area contributed by atoms with E-state index in [2.05, 4.69) is 62.6 Å². The van der Waals surface area contributed by atoms with Gasteiger partial charge in [-0.2, -0.15) is 0 Å². The van der Waals surface area contributed by atoms with E-state index in [0.717, 1.165) is 11.8 Å². The number of hydrogen-bond donors (Lipinski definition) is 0. The van der Waals surface area contributed by atoms with E-state index in [1.54, 1.807) is 0 Å². The van der Waals surface area contributed by atoms with Crippen LogP contribution in [0.15, 0.2) is 36.4 Å². The maximum Gasteiger partial charge on any atom is 0.248 e. The average Bonchev–Trinajstić information content (AvgIpc) is 2.28. The second kappa shape index (κ2) is 4.46. The first kappa shape index (κ1) is 12.6. The van der Waals surface area contributed by atoms with Gasteiger partial charge in [0.05, 0.1) is 8.07 Å². The van der Waals surface area contributed by atoms with Crippen molar-refractivity contribution in [3.63, 3.8) is 0 Å². The van der Waals surface area contributed by atoms with Crippen molar-refractivity contribution in [2.24, 2.45) is 0 Å². The van der Waals surface area contributed by atoms with E-state index in [4.69, 9.17) is 4.43 Å². The van der Waals surface area contributed by atoms with Gasteiger partial charge in [0.2, 0.25) is 8.32 Å². The second-order valence-corrected chi connectivity index (χ2v) is 15.0. The molecule has 17 heavy (non-hydrogen) atoms. The van der Waals surface area contributed by atoms with Gasteiger partial charge < -0.3 is 4.43 Å². The van der Waals surface area contributed by atoms with Crippen molar-refractivity contribution in [3.05, 3.63) is 36.4 Å². The first-order valence-corrected chi connectivity index (χ1v) is 12.7. The Morgan fingerprint density at radius 3 is 2.35 bits per heavy atom. The van der Waals surface area contributed by atoms with Crippen molar-refractivity contribution in [1.82, 2.24) is 0 Å². The molecule has 3 heteroatoms. The lowest BCUT2D eigenvalue weighted by molar-refractivity contribution is 0.556. The third-order valence-corrected chi connectivity index (χ3v) is 8.53. The number of rotatable bonds is 0. The molecule has 0 bridgehead atoms. The number of allylic oxidation sites excluding steroid dienone is 2. The number of hydrogen-bond acceptors (Lipinski definition) is 1. The van der Waals surface area contributed by atoms with Crippen LogP contribution in [0.1, 0.15) is 0 Å². The topological polar surface area (TPSA) is 9.23 Å². The van der Waals surface area contributed by atoms with E-state index < -0.39 is 16.4 Å². The molecule has 0 saturated heterocycles. The minimum absolute atomic E-state index is 1.12. The van der Waals surface area contributed by atoms with Crippen molar-refractivity contribution in [1.29, 1.82) is 0 Å². The molecular weight excluding hydrogens is 240 g/mol. The van der Waals surface area contributed by atoms with Crippen LogP contribution in [-0.2, 0) is 0 Å². The monoisotopic (exact) mass is 262 g/mol. The Balaban J connectivity index is 2.49. The third-order valence-electron chi connectivity index (χ3n) is 3.41. The van der Waals surface area contributed by atoms with Gasteiger partial charge in [-0.15, -0.1) is 0 Å². The van der Waals surface area contributed by atoms with Crippen molar-refractivity contribution in [3.8, 4) is 5.75 Å². The second-order valence-electron chi connectivity index (χ2n) is 6.12. The Labute approximate surface area is 107 Å². The quantitative estimate of drug-likeness (QED) is 0.511. The van der Waals surface area contributed by atoms with Crippen molar-refractivity contribution >= 4 is 21.6 Å². The zero-order valence-corrected chi connectivity index (χ0v) is 13.3. The van der Waals surface area contributed by atoms with Gasteiger partial charge in [-0.25, -0.2) is 0 Å². The number of benzene rings is 1.